The molecule has 2 heterocycles. The number of rotatable bonds is 4. The fourth-order valence-electron chi connectivity index (χ4n) is 2.43. The Bertz CT molecular complexity index is 312. The van der Waals surface area contributed by atoms with E-state index in [0.717, 1.165) is 13.1 Å². The lowest BCUT2D eigenvalue weighted by atomic mass is 10.1. The van der Waals surface area contributed by atoms with Crippen molar-refractivity contribution >= 4 is 0 Å². The molecule has 2 unspecified atom stereocenters. The fourth-order valence-corrected chi connectivity index (χ4v) is 2.43. The first-order chi connectivity index (χ1) is 7.81. The van der Waals surface area contributed by atoms with Crippen LogP contribution in [0.25, 0.3) is 0 Å². The molecule has 0 radical (unpaired) electrons. The van der Waals surface area contributed by atoms with E-state index >= 15 is 0 Å². The molecule has 0 bridgehead atoms. The molecule has 1 saturated heterocycles. The number of nitrogens with one attached hydrogen (secondary N) is 1. The van der Waals surface area contributed by atoms with E-state index in [0.29, 0.717) is 12.1 Å². The van der Waals surface area contributed by atoms with E-state index in [4.69, 9.17) is 0 Å². The second-order valence-electron chi connectivity index (χ2n) is 4.50. The smallest absolute Gasteiger partial charge is 0.0335 e. The quantitative estimate of drug-likeness (QED) is 0.837. The molecule has 0 saturated carbocycles. The lowest BCUT2D eigenvalue weighted by molar-refractivity contribution is 0.255. The molecule has 0 amide bonds. The molecular formula is C13H21N3. The minimum Gasteiger partial charge on any atom is -0.313 e. The van der Waals surface area contributed by atoms with E-state index in [9.17, 15) is 0 Å². The van der Waals surface area contributed by atoms with Crippen molar-refractivity contribution in [1.29, 1.82) is 0 Å². The maximum atomic E-state index is 4.19. The minimum atomic E-state index is 0.484. The van der Waals surface area contributed by atoms with Crippen LogP contribution in [0.4, 0.5) is 0 Å². The number of pyridine rings is 1. The fraction of sp³-hybridized carbons (Fsp3) is 0.615. The summed E-state index contributed by atoms with van der Waals surface area (Å²) in [6, 6.07) is 5.34. The number of hydrogen-bond acceptors (Lipinski definition) is 3. The van der Waals surface area contributed by atoms with Crippen LogP contribution in [0.2, 0.25) is 0 Å². The number of likely N-dealkylation sites (N-methyl/N-ethyl adjacent to an activating group) is 1. The Morgan fingerprint density at radius 1 is 1.62 bits per heavy atom. The van der Waals surface area contributed by atoms with Gasteiger partial charge in [-0.05, 0) is 31.5 Å². The molecule has 1 aliphatic rings. The summed E-state index contributed by atoms with van der Waals surface area (Å²) in [4.78, 5) is 6.72. The van der Waals surface area contributed by atoms with Crippen molar-refractivity contribution in [3.8, 4) is 0 Å². The van der Waals surface area contributed by atoms with E-state index in [-0.39, 0.29) is 0 Å². The van der Waals surface area contributed by atoms with Gasteiger partial charge in [0.2, 0.25) is 0 Å². The zero-order chi connectivity index (χ0) is 11.4. The highest BCUT2D eigenvalue weighted by Gasteiger charge is 2.25. The van der Waals surface area contributed by atoms with Crippen molar-refractivity contribution in [1.82, 2.24) is 15.2 Å². The van der Waals surface area contributed by atoms with Gasteiger partial charge in [-0.25, -0.2) is 0 Å². The number of likely N-dealkylation sites (tertiary alicyclic amines) is 1. The molecule has 0 aromatic carbocycles. The summed E-state index contributed by atoms with van der Waals surface area (Å²) in [5, 5.41) is 3.52. The van der Waals surface area contributed by atoms with Crippen LogP contribution in [-0.2, 0) is 0 Å². The first kappa shape index (κ1) is 11.6. The van der Waals surface area contributed by atoms with E-state index < -0.39 is 0 Å². The van der Waals surface area contributed by atoms with Gasteiger partial charge in [0.05, 0.1) is 0 Å². The van der Waals surface area contributed by atoms with Crippen molar-refractivity contribution in [3.63, 3.8) is 0 Å². The topological polar surface area (TPSA) is 28.2 Å². The molecule has 1 aliphatic heterocycles. The highest BCUT2D eigenvalue weighted by Crippen LogP contribution is 2.23. The maximum absolute atomic E-state index is 4.19. The van der Waals surface area contributed by atoms with Gasteiger partial charge in [0.25, 0.3) is 0 Å². The van der Waals surface area contributed by atoms with E-state index in [1.807, 2.05) is 18.5 Å². The molecule has 88 valence electrons. The molecule has 1 fully saturated rings. The third-order valence-corrected chi connectivity index (χ3v) is 3.43. The summed E-state index contributed by atoms with van der Waals surface area (Å²) in [6.45, 7) is 7.86. The van der Waals surface area contributed by atoms with Crippen LogP contribution in [0.5, 0.6) is 0 Å². The van der Waals surface area contributed by atoms with Gasteiger partial charge in [0.1, 0.15) is 0 Å². The molecule has 1 aromatic rings. The summed E-state index contributed by atoms with van der Waals surface area (Å²) in [5.74, 6) is 0. The second-order valence-corrected chi connectivity index (χ2v) is 4.50. The minimum absolute atomic E-state index is 0.484. The predicted octanol–water partition coefficient (Wildman–Crippen LogP) is 1.83. The monoisotopic (exact) mass is 219 g/mol. The molecule has 1 N–H and O–H groups in total. The summed E-state index contributed by atoms with van der Waals surface area (Å²) < 4.78 is 0. The Hall–Kier alpha value is -0.930. The van der Waals surface area contributed by atoms with Gasteiger partial charge in [-0.3, -0.25) is 9.88 Å². The van der Waals surface area contributed by atoms with Gasteiger partial charge in [-0.1, -0.05) is 13.0 Å². The molecule has 16 heavy (non-hydrogen) atoms. The number of hydrogen-bond donors (Lipinski definition) is 1. The SMILES string of the molecule is CCNC1CCN(C(C)c2cccnc2)C1. The third-order valence-electron chi connectivity index (χ3n) is 3.43. The Balaban J connectivity index is 1.94. The number of aromatic nitrogens is 1. The van der Waals surface area contributed by atoms with Gasteiger partial charge in [0, 0.05) is 37.6 Å². The standard InChI is InChI=1S/C13H21N3/c1-3-15-13-6-8-16(10-13)11(2)12-5-4-7-14-9-12/h4-5,7,9,11,13,15H,3,6,8,10H2,1-2H3. The second kappa shape index (κ2) is 5.41. The van der Waals surface area contributed by atoms with E-state index in [1.165, 1.54) is 18.5 Å². The predicted molar refractivity (Wildman–Crippen MR) is 66.3 cm³/mol. The molecule has 1 aromatic heterocycles. The Kier molecular flexibility index (Phi) is 3.91. The summed E-state index contributed by atoms with van der Waals surface area (Å²) in [7, 11) is 0. The Labute approximate surface area is 97.9 Å². The summed E-state index contributed by atoms with van der Waals surface area (Å²) in [6.07, 6.45) is 5.07. The van der Waals surface area contributed by atoms with Crippen LogP contribution in [0.15, 0.2) is 24.5 Å². The molecule has 2 rings (SSSR count). The van der Waals surface area contributed by atoms with Crippen LogP contribution in [0.1, 0.15) is 31.9 Å². The summed E-state index contributed by atoms with van der Waals surface area (Å²) >= 11 is 0. The van der Waals surface area contributed by atoms with Crippen molar-refractivity contribution in [2.75, 3.05) is 19.6 Å². The number of nitrogens with zero attached hydrogens (tertiary/aromatic N) is 2. The zero-order valence-corrected chi connectivity index (χ0v) is 10.2. The van der Waals surface area contributed by atoms with E-state index in [1.54, 1.807) is 0 Å². The largest absolute Gasteiger partial charge is 0.313 e. The van der Waals surface area contributed by atoms with Crippen molar-refractivity contribution in [2.45, 2.75) is 32.4 Å². The molecule has 3 nitrogen and oxygen atoms in total. The van der Waals surface area contributed by atoms with Crippen LogP contribution in [-0.4, -0.2) is 35.6 Å². The average Bonchev–Trinajstić information content (AvgIpc) is 2.78. The zero-order valence-electron chi connectivity index (χ0n) is 10.2. The van der Waals surface area contributed by atoms with Crippen molar-refractivity contribution in [2.24, 2.45) is 0 Å². The average molecular weight is 219 g/mol. The van der Waals surface area contributed by atoms with Crippen molar-refractivity contribution in [3.05, 3.63) is 30.1 Å². The highest BCUT2D eigenvalue weighted by atomic mass is 15.2. The highest BCUT2D eigenvalue weighted by molar-refractivity contribution is 5.13. The normalized spacial score (nSPS) is 23.5. The molecule has 2 atom stereocenters. The Morgan fingerprint density at radius 2 is 2.50 bits per heavy atom. The first-order valence-corrected chi connectivity index (χ1v) is 6.18. The maximum Gasteiger partial charge on any atom is 0.0335 e. The molecular weight excluding hydrogens is 198 g/mol. The van der Waals surface area contributed by atoms with Crippen molar-refractivity contribution < 1.29 is 0 Å². The van der Waals surface area contributed by atoms with Crippen LogP contribution in [0.3, 0.4) is 0 Å². The molecule has 3 heteroatoms. The van der Waals surface area contributed by atoms with Gasteiger partial charge < -0.3 is 5.32 Å². The molecule has 0 aliphatic carbocycles. The van der Waals surface area contributed by atoms with Gasteiger partial charge in [-0.15, -0.1) is 0 Å². The lowest BCUT2D eigenvalue weighted by Gasteiger charge is -2.24. The lowest BCUT2D eigenvalue weighted by Crippen LogP contribution is -2.33. The molecule has 0 spiro atoms. The van der Waals surface area contributed by atoms with Gasteiger partial charge >= 0.3 is 0 Å². The summed E-state index contributed by atoms with van der Waals surface area (Å²) in [5.41, 5.74) is 1.32. The third kappa shape index (κ3) is 2.60. The van der Waals surface area contributed by atoms with Gasteiger partial charge in [-0.2, -0.15) is 0 Å². The van der Waals surface area contributed by atoms with Crippen LogP contribution < -0.4 is 5.32 Å². The first-order valence-electron chi connectivity index (χ1n) is 6.18. The van der Waals surface area contributed by atoms with Gasteiger partial charge in [0.15, 0.2) is 0 Å². The van der Waals surface area contributed by atoms with Crippen LogP contribution in [0, 0.1) is 0 Å². The van der Waals surface area contributed by atoms with E-state index in [2.05, 4.69) is 35.1 Å². The van der Waals surface area contributed by atoms with Crippen LogP contribution >= 0.6 is 0 Å². The Morgan fingerprint density at radius 3 is 3.19 bits per heavy atom.